The lowest BCUT2D eigenvalue weighted by molar-refractivity contribution is -0.130. The first-order valence-electron chi connectivity index (χ1n) is 5.72. The van der Waals surface area contributed by atoms with Crippen molar-refractivity contribution < 1.29 is 23.2 Å². The van der Waals surface area contributed by atoms with Gasteiger partial charge in [0.2, 0.25) is 10.0 Å². The molecular formula is C11H14N2O5S2. The maximum atomic E-state index is 12.5. The Morgan fingerprint density at radius 3 is 2.65 bits per heavy atom. The summed E-state index contributed by atoms with van der Waals surface area (Å²) in [6, 6.07) is 5.92. The third kappa shape index (κ3) is 2.75. The molecule has 20 heavy (non-hydrogen) atoms. The topological polar surface area (TPSA) is 95.9 Å². The monoisotopic (exact) mass is 318 g/mol. The third-order valence-corrected chi connectivity index (χ3v) is 6.06. The molecule has 1 aromatic carbocycles. The van der Waals surface area contributed by atoms with Crippen molar-refractivity contribution in [3.63, 3.8) is 0 Å². The highest BCUT2D eigenvalue weighted by Gasteiger charge is 2.40. The lowest BCUT2D eigenvalue weighted by Gasteiger charge is -2.21. The number of rotatable bonds is 4. The minimum Gasteiger partial charge on any atom is -0.497 e. The first-order chi connectivity index (χ1) is 9.50. The van der Waals surface area contributed by atoms with Crippen LogP contribution in [0.5, 0.6) is 5.75 Å². The van der Waals surface area contributed by atoms with Gasteiger partial charge in [0.05, 0.1) is 12.0 Å². The van der Waals surface area contributed by atoms with E-state index in [1.807, 2.05) is 0 Å². The molecule has 1 aliphatic rings. The zero-order valence-electron chi connectivity index (χ0n) is 10.6. The maximum Gasteiger partial charge on any atom is 0.272 e. The van der Waals surface area contributed by atoms with Gasteiger partial charge in [-0.15, -0.1) is 11.8 Å². The lowest BCUT2D eigenvalue weighted by atomic mass is 10.3. The number of hydroxylamine groups is 1. The maximum absolute atomic E-state index is 12.5. The average Bonchev–Trinajstić information content (AvgIpc) is 2.96. The lowest BCUT2D eigenvalue weighted by Crippen LogP contribution is -2.43. The highest BCUT2D eigenvalue weighted by atomic mass is 32.2. The Morgan fingerprint density at radius 1 is 1.45 bits per heavy atom. The van der Waals surface area contributed by atoms with Gasteiger partial charge in [-0.3, -0.25) is 10.0 Å². The molecule has 1 amide bonds. The van der Waals surface area contributed by atoms with Gasteiger partial charge in [-0.1, -0.05) is 0 Å². The molecule has 7 nitrogen and oxygen atoms in total. The van der Waals surface area contributed by atoms with Crippen molar-refractivity contribution in [3.05, 3.63) is 24.3 Å². The van der Waals surface area contributed by atoms with Crippen LogP contribution >= 0.6 is 11.8 Å². The van der Waals surface area contributed by atoms with Gasteiger partial charge in [-0.05, 0) is 24.3 Å². The molecule has 1 atom stereocenters. The normalized spacial score (nSPS) is 19.8. The van der Waals surface area contributed by atoms with Crippen molar-refractivity contribution in [2.75, 3.05) is 19.4 Å². The van der Waals surface area contributed by atoms with E-state index >= 15 is 0 Å². The van der Waals surface area contributed by atoms with Crippen LogP contribution in [0.1, 0.15) is 0 Å². The third-order valence-electron chi connectivity index (χ3n) is 2.85. The summed E-state index contributed by atoms with van der Waals surface area (Å²) in [6.07, 6.45) is 0. The molecule has 0 radical (unpaired) electrons. The molecule has 2 N–H and O–H groups in total. The second-order valence-electron chi connectivity index (χ2n) is 3.99. The Kier molecular flexibility index (Phi) is 4.53. The van der Waals surface area contributed by atoms with Gasteiger partial charge in [0.15, 0.2) is 5.37 Å². The minimum atomic E-state index is -3.78. The Morgan fingerprint density at radius 2 is 2.10 bits per heavy atom. The summed E-state index contributed by atoms with van der Waals surface area (Å²) in [7, 11) is -2.29. The van der Waals surface area contributed by atoms with E-state index in [1.165, 1.54) is 36.9 Å². The molecule has 0 aliphatic carbocycles. The second kappa shape index (κ2) is 6.00. The number of ether oxygens (including phenoxy) is 1. The number of amides is 1. The van der Waals surface area contributed by atoms with Crippen LogP contribution in [0.3, 0.4) is 0 Å². The number of benzene rings is 1. The predicted molar refractivity (Wildman–Crippen MR) is 73.1 cm³/mol. The number of thioether (sulfide) groups is 1. The van der Waals surface area contributed by atoms with E-state index < -0.39 is 21.3 Å². The van der Waals surface area contributed by atoms with Gasteiger partial charge in [-0.25, -0.2) is 13.9 Å². The van der Waals surface area contributed by atoms with E-state index in [1.54, 1.807) is 0 Å². The van der Waals surface area contributed by atoms with Crippen molar-refractivity contribution in [2.45, 2.75) is 10.3 Å². The van der Waals surface area contributed by atoms with E-state index in [0.29, 0.717) is 11.5 Å². The Labute approximate surface area is 120 Å². The number of hydrogen-bond acceptors (Lipinski definition) is 6. The quantitative estimate of drug-likeness (QED) is 0.611. The van der Waals surface area contributed by atoms with Crippen LogP contribution in [0.25, 0.3) is 0 Å². The molecule has 0 saturated carbocycles. The summed E-state index contributed by atoms with van der Waals surface area (Å²) >= 11 is 1.16. The molecule has 0 unspecified atom stereocenters. The molecule has 110 valence electrons. The van der Waals surface area contributed by atoms with Gasteiger partial charge < -0.3 is 4.74 Å². The Hall–Kier alpha value is -1.29. The molecular weight excluding hydrogens is 304 g/mol. The van der Waals surface area contributed by atoms with Gasteiger partial charge in [0.25, 0.3) is 5.91 Å². The summed E-state index contributed by atoms with van der Waals surface area (Å²) in [5.74, 6) is 0.294. The highest BCUT2D eigenvalue weighted by molar-refractivity contribution is 8.02. The van der Waals surface area contributed by atoms with E-state index in [4.69, 9.17) is 9.94 Å². The number of hydrogen-bond donors (Lipinski definition) is 2. The van der Waals surface area contributed by atoms with E-state index in [0.717, 1.165) is 16.1 Å². The van der Waals surface area contributed by atoms with E-state index in [2.05, 4.69) is 0 Å². The number of sulfonamides is 1. The van der Waals surface area contributed by atoms with Crippen LogP contribution in [0.4, 0.5) is 0 Å². The van der Waals surface area contributed by atoms with Crippen LogP contribution in [0.2, 0.25) is 0 Å². The number of carbonyl (C=O) groups is 1. The molecule has 1 aliphatic heterocycles. The molecule has 1 heterocycles. The average molecular weight is 318 g/mol. The highest BCUT2D eigenvalue weighted by Crippen LogP contribution is 2.30. The van der Waals surface area contributed by atoms with Crippen molar-refractivity contribution in [1.29, 1.82) is 0 Å². The number of nitrogens with one attached hydrogen (secondary N) is 1. The number of methoxy groups -OCH3 is 1. The standard InChI is InChI=1S/C11H14N2O5S2/c1-18-8-2-4-9(5-3-8)20(16,17)13-6-7-19-11(13)10(14)12-15/h2-5,11,15H,6-7H2,1H3,(H,12,14)/t11-/m1/s1. The summed E-state index contributed by atoms with van der Waals surface area (Å²) in [6.45, 7) is 0.219. The van der Waals surface area contributed by atoms with Gasteiger partial charge in [0.1, 0.15) is 5.75 Å². The summed E-state index contributed by atoms with van der Waals surface area (Å²) in [4.78, 5) is 11.6. The molecule has 1 aromatic rings. The first-order valence-corrected chi connectivity index (χ1v) is 8.21. The van der Waals surface area contributed by atoms with Gasteiger partial charge in [-0.2, -0.15) is 4.31 Å². The fourth-order valence-corrected chi connectivity index (χ4v) is 4.92. The minimum absolute atomic E-state index is 0.0801. The number of nitrogens with zero attached hydrogens (tertiary/aromatic N) is 1. The molecule has 0 bridgehead atoms. The van der Waals surface area contributed by atoms with Crippen LogP contribution in [0, 0.1) is 0 Å². The first kappa shape index (κ1) is 15.1. The predicted octanol–water partition coefficient (Wildman–Crippen LogP) is 0.264. The summed E-state index contributed by atoms with van der Waals surface area (Å²) < 4.78 is 31.0. The van der Waals surface area contributed by atoms with Crippen LogP contribution in [-0.2, 0) is 14.8 Å². The molecule has 1 saturated heterocycles. The van der Waals surface area contributed by atoms with E-state index in [9.17, 15) is 13.2 Å². The van der Waals surface area contributed by atoms with Crippen LogP contribution in [0.15, 0.2) is 29.2 Å². The summed E-state index contributed by atoms with van der Waals surface area (Å²) in [5.41, 5.74) is 1.49. The largest absolute Gasteiger partial charge is 0.497 e. The number of carbonyl (C=O) groups excluding carboxylic acids is 1. The van der Waals surface area contributed by atoms with Crippen LogP contribution in [-0.4, -0.2) is 48.6 Å². The van der Waals surface area contributed by atoms with Crippen molar-refractivity contribution in [1.82, 2.24) is 9.79 Å². The molecule has 9 heteroatoms. The van der Waals surface area contributed by atoms with E-state index in [-0.39, 0.29) is 11.4 Å². The molecule has 0 spiro atoms. The fourth-order valence-electron chi connectivity index (χ4n) is 1.85. The van der Waals surface area contributed by atoms with Crippen molar-refractivity contribution >= 4 is 27.7 Å². The Bertz CT molecular complexity index is 587. The van der Waals surface area contributed by atoms with Crippen molar-refractivity contribution in [2.24, 2.45) is 0 Å². The zero-order valence-corrected chi connectivity index (χ0v) is 12.3. The summed E-state index contributed by atoms with van der Waals surface area (Å²) in [5, 5.41) is 7.71. The molecule has 1 fully saturated rings. The SMILES string of the molecule is COc1ccc(S(=O)(=O)N2CCS[C@@H]2C(=O)NO)cc1. The Balaban J connectivity index is 2.31. The van der Waals surface area contributed by atoms with Gasteiger partial charge in [0, 0.05) is 12.3 Å². The van der Waals surface area contributed by atoms with Crippen LogP contribution < -0.4 is 10.2 Å². The molecule has 2 rings (SSSR count). The molecule has 0 aromatic heterocycles. The van der Waals surface area contributed by atoms with Gasteiger partial charge >= 0.3 is 0 Å². The smallest absolute Gasteiger partial charge is 0.272 e. The second-order valence-corrected chi connectivity index (χ2v) is 7.07. The zero-order chi connectivity index (χ0) is 14.8. The van der Waals surface area contributed by atoms with Crippen molar-refractivity contribution in [3.8, 4) is 5.75 Å². The fraction of sp³-hybridized carbons (Fsp3) is 0.364.